The van der Waals surface area contributed by atoms with Gasteiger partial charge >= 0.3 is 0 Å². The molecule has 0 aliphatic carbocycles. The number of nitrogens with two attached hydrogens (primary N) is 1. The highest BCUT2D eigenvalue weighted by Crippen LogP contribution is 2.24. The van der Waals surface area contributed by atoms with Crippen molar-refractivity contribution in [1.82, 2.24) is 19.5 Å². The molecule has 19 heavy (non-hydrogen) atoms. The van der Waals surface area contributed by atoms with Gasteiger partial charge in [0.15, 0.2) is 5.65 Å². The standard InChI is InChI=1S/C12H12ClN5S/c1-7(11-15-2-3-19-11)6-18-10-9(17-12(18)14)4-8(13)5-16-10/h2-5,7H,6H2,1H3,(H2,14,17). The van der Waals surface area contributed by atoms with Gasteiger partial charge in [-0.05, 0) is 6.07 Å². The van der Waals surface area contributed by atoms with Gasteiger partial charge < -0.3 is 5.73 Å². The first-order valence-electron chi connectivity index (χ1n) is 5.82. The average molecular weight is 294 g/mol. The summed E-state index contributed by atoms with van der Waals surface area (Å²) in [6.07, 6.45) is 3.42. The molecular weight excluding hydrogens is 282 g/mol. The van der Waals surface area contributed by atoms with Crippen LogP contribution in [0.2, 0.25) is 5.02 Å². The largest absolute Gasteiger partial charge is 0.369 e. The molecule has 3 aromatic heterocycles. The first-order valence-corrected chi connectivity index (χ1v) is 7.07. The SMILES string of the molecule is CC(Cn1c(N)nc2cc(Cl)cnc21)c1nccs1. The second-order valence-corrected chi connectivity index (χ2v) is 5.71. The Morgan fingerprint density at radius 1 is 1.47 bits per heavy atom. The Hall–Kier alpha value is -1.66. The fourth-order valence-corrected chi connectivity index (χ4v) is 2.86. The molecule has 98 valence electrons. The predicted molar refractivity (Wildman–Crippen MR) is 77.5 cm³/mol. The van der Waals surface area contributed by atoms with Gasteiger partial charge in [0.05, 0.1) is 10.0 Å². The Balaban J connectivity index is 1.98. The molecule has 2 N–H and O–H groups in total. The van der Waals surface area contributed by atoms with Crippen LogP contribution in [-0.2, 0) is 6.54 Å². The zero-order valence-corrected chi connectivity index (χ0v) is 11.8. The Morgan fingerprint density at radius 2 is 2.32 bits per heavy atom. The number of hydrogen-bond acceptors (Lipinski definition) is 5. The van der Waals surface area contributed by atoms with Crippen LogP contribution in [-0.4, -0.2) is 19.5 Å². The molecule has 3 aromatic rings. The Labute approximate surface area is 119 Å². The number of hydrogen-bond donors (Lipinski definition) is 1. The van der Waals surface area contributed by atoms with E-state index in [9.17, 15) is 0 Å². The van der Waals surface area contributed by atoms with E-state index >= 15 is 0 Å². The number of thiazole rings is 1. The van der Waals surface area contributed by atoms with Crippen LogP contribution in [0.3, 0.4) is 0 Å². The minimum atomic E-state index is 0.261. The fraction of sp³-hybridized carbons (Fsp3) is 0.250. The van der Waals surface area contributed by atoms with Crippen LogP contribution in [0.15, 0.2) is 23.8 Å². The average Bonchev–Trinajstić information content (AvgIpc) is 2.98. The molecule has 5 nitrogen and oxygen atoms in total. The van der Waals surface area contributed by atoms with Crippen molar-refractivity contribution in [3.05, 3.63) is 33.9 Å². The van der Waals surface area contributed by atoms with Gasteiger partial charge in [0, 0.05) is 30.2 Å². The Bertz CT molecular complexity index is 706. The number of aromatic nitrogens is 4. The zero-order chi connectivity index (χ0) is 13.4. The molecule has 0 amide bonds. The summed E-state index contributed by atoms with van der Waals surface area (Å²) in [4.78, 5) is 12.9. The van der Waals surface area contributed by atoms with E-state index < -0.39 is 0 Å². The lowest BCUT2D eigenvalue weighted by atomic mass is 10.2. The van der Waals surface area contributed by atoms with E-state index in [-0.39, 0.29) is 5.92 Å². The molecule has 1 unspecified atom stereocenters. The van der Waals surface area contributed by atoms with Crippen molar-refractivity contribution in [3.63, 3.8) is 0 Å². The van der Waals surface area contributed by atoms with Crippen LogP contribution in [0.4, 0.5) is 5.95 Å². The summed E-state index contributed by atoms with van der Waals surface area (Å²) in [6, 6.07) is 1.77. The number of imidazole rings is 1. The van der Waals surface area contributed by atoms with Gasteiger partial charge in [-0.25, -0.2) is 15.0 Å². The molecule has 3 rings (SSSR count). The quantitative estimate of drug-likeness (QED) is 0.806. The van der Waals surface area contributed by atoms with Crippen molar-refractivity contribution in [3.8, 4) is 0 Å². The highest BCUT2D eigenvalue weighted by molar-refractivity contribution is 7.09. The minimum absolute atomic E-state index is 0.261. The summed E-state index contributed by atoms with van der Waals surface area (Å²) in [6.45, 7) is 2.81. The van der Waals surface area contributed by atoms with Gasteiger partial charge in [-0.2, -0.15) is 0 Å². The van der Waals surface area contributed by atoms with Crippen molar-refractivity contribution >= 4 is 40.0 Å². The molecular formula is C12H12ClN5S. The van der Waals surface area contributed by atoms with Gasteiger partial charge in [0.1, 0.15) is 5.52 Å². The maximum Gasteiger partial charge on any atom is 0.202 e. The van der Waals surface area contributed by atoms with E-state index in [0.717, 1.165) is 16.2 Å². The third-order valence-electron chi connectivity index (χ3n) is 2.91. The van der Waals surface area contributed by atoms with Gasteiger partial charge in [-0.3, -0.25) is 4.57 Å². The summed E-state index contributed by atoms with van der Waals surface area (Å²) in [5.74, 6) is 0.713. The maximum atomic E-state index is 5.96. The monoisotopic (exact) mass is 293 g/mol. The fourth-order valence-electron chi connectivity index (χ4n) is 2.01. The maximum absolute atomic E-state index is 5.96. The molecule has 0 aliphatic heterocycles. The van der Waals surface area contributed by atoms with Crippen molar-refractivity contribution in [1.29, 1.82) is 0 Å². The van der Waals surface area contributed by atoms with Gasteiger partial charge in [0.25, 0.3) is 0 Å². The lowest BCUT2D eigenvalue weighted by Crippen LogP contribution is -2.09. The van der Waals surface area contributed by atoms with Crippen molar-refractivity contribution < 1.29 is 0 Å². The van der Waals surface area contributed by atoms with Crippen LogP contribution < -0.4 is 5.73 Å². The highest BCUT2D eigenvalue weighted by atomic mass is 35.5. The summed E-state index contributed by atoms with van der Waals surface area (Å²) in [5.41, 5.74) is 7.43. The third-order valence-corrected chi connectivity index (χ3v) is 4.12. The number of fused-ring (bicyclic) bond motifs is 1. The lowest BCUT2D eigenvalue weighted by Gasteiger charge is -2.11. The molecule has 0 aromatic carbocycles. The van der Waals surface area contributed by atoms with Crippen LogP contribution in [0.1, 0.15) is 17.8 Å². The second-order valence-electron chi connectivity index (χ2n) is 4.35. The van der Waals surface area contributed by atoms with Crippen molar-refractivity contribution in [2.24, 2.45) is 0 Å². The molecule has 7 heteroatoms. The summed E-state index contributed by atoms with van der Waals surface area (Å²) < 4.78 is 1.90. The normalized spacial score (nSPS) is 12.9. The van der Waals surface area contributed by atoms with E-state index in [0.29, 0.717) is 17.5 Å². The smallest absolute Gasteiger partial charge is 0.202 e. The van der Waals surface area contributed by atoms with Crippen LogP contribution in [0, 0.1) is 0 Å². The van der Waals surface area contributed by atoms with Crippen LogP contribution in [0.25, 0.3) is 11.2 Å². The van der Waals surface area contributed by atoms with Gasteiger partial charge in [-0.15, -0.1) is 11.3 Å². The molecule has 0 saturated carbocycles. The number of nitrogens with zero attached hydrogens (tertiary/aromatic N) is 4. The summed E-state index contributed by atoms with van der Waals surface area (Å²) in [7, 11) is 0. The van der Waals surface area contributed by atoms with E-state index in [4.69, 9.17) is 17.3 Å². The Kier molecular flexibility index (Phi) is 3.12. The number of nitrogen functional groups attached to an aromatic ring is 1. The topological polar surface area (TPSA) is 69.6 Å². The zero-order valence-electron chi connectivity index (χ0n) is 10.2. The van der Waals surface area contributed by atoms with Gasteiger partial charge in [0.2, 0.25) is 5.95 Å². The molecule has 0 spiro atoms. The van der Waals surface area contributed by atoms with Crippen LogP contribution >= 0.6 is 22.9 Å². The first kappa shape index (κ1) is 12.4. The van der Waals surface area contributed by atoms with Crippen molar-refractivity contribution in [2.45, 2.75) is 19.4 Å². The molecule has 0 bridgehead atoms. The van der Waals surface area contributed by atoms with E-state index in [1.54, 1.807) is 23.6 Å². The van der Waals surface area contributed by atoms with Crippen molar-refractivity contribution in [2.75, 3.05) is 5.73 Å². The number of halogens is 1. The molecule has 0 fully saturated rings. The molecule has 0 radical (unpaired) electrons. The number of rotatable bonds is 3. The van der Waals surface area contributed by atoms with E-state index in [1.807, 2.05) is 16.1 Å². The summed E-state index contributed by atoms with van der Waals surface area (Å²) >= 11 is 7.55. The summed E-state index contributed by atoms with van der Waals surface area (Å²) in [5, 5.41) is 3.61. The number of pyridine rings is 1. The Morgan fingerprint density at radius 3 is 3.05 bits per heavy atom. The minimum Gasteiger partial charge on any atom is -0.369 e. The van der Waals surface area contributed by atoms with E-state index in [1.165, 1.54) is 0 Å². The van der Waals surface area contributed by atoms with E-state index in [2.05, 4.69) is 21.9 Å². The molecule has 0 aliphatic rings. The molecule has 0 saturated heterocycles. The van der Waals surface area contributed by atoms with Crippen LogP contribution in [0.5, 0.6) is 0 Å². The highest BCUT2D eigenvalue weighted by Gasteiger charge is 2.15. The predicted octanol–water partition coefficient (Wildman–Crippen LogP) is 2.93. The first-order chi connectivity index (χ1) is 9.15. The van der Waals surface area contributed by atoms with Gasteiger partial charge in [-0.1, -0.05) is 18.5 Å². The lowest BCUT2D eigenvalue weighted by molar-refractivity contribution is 0.610. The third kappa shape index (κ3) is 2.29. The second kappa shape index (κ2) is 4.79. The molecule has 3 heterocycles. The number of anilines is 1. The molecule has 1 atom stereocenters.